The highest BCUT2D eigenvalue weighted by Gasteiger charge is 2.17. The van der Waals surface area contributed by atoms with Crippen LogP contribution in [0.4, 0.5) is 5.13 Å². The van der Waals surface area contributed by atoms with Crippen molar-refractivity contribution in [3.63, 3.8) is 0 Å². The van der Waals surface area contributed by atoms with Crippen molar-refractivity contribution in [3.05, 3.63) is 54.4 Å². The van der Waals surface area contributed by atoms with E-state index in [0.29, 0.717) is 11.8 Å². The zero-order valence-corrected chi connectivity index (χ0v) is 13.1. The Kier molecular flexibility index (Phi) is 3.20. The predicted molar refractivity (Wildman–Crippen MR) is 88.0 cm³/mol. The van der Waals surface area contributed by atoms with Gasteiger partial charge in [-0.15, -0.1) is 0 Å². The number of benzene rings is 2. The van der Waals surface area contributed by atoms with Crippen molar-refractivity contribution in [3.8, 4) is 0 Å². The number of thiazole rings is 1. The Labute approximate surface area is 135 Å². The van der Waals surface area contributed by atoms with Crippen LogP contribution in [0.5, 0.6) is 0 Å². The van der Waals surface area contributed by atoms with Crippen LogP contribution in [0.1, 0.15) is 10.6 Å². The van der Waals surface area contributed by atoms with E-state index < -0.39 is 0 Å². The lowest BCUT2D eigenvalue weighted by atomic mass is 10.3. The van der Waals surface area contributed by atoms with E-state index in [1.807, 2.05) is 60.1 Å². The Morgan fingerprint density at radius 2 is 1.96 bits per heavy atom. The van der Waals surface area contributed by atoms with Gasteiger partial charge in [0.2, 0.25) is 0 Å². The Hall–Kier alpha value is -2.93. The van der Waals surface area contributed by atoms with Gasteiger partial charge in [0.05, 0.1) is 28.0 Å². The molecule has 0 saturated carbocycles. The highest BCUT2D eigenvalue weighted by molar-refractivity contribution is 7.21. The summed E-state index contributed by atoms with van der Waals surface area (Å²) >= 11 is 1.55. The Balaban J connectivity index is 1.84. The van der Waals surface area contributed by atoms with E-state index in [0.717, 1.165) is 20.9 Å². The number of fused-ring (bicyclic) bond motifs is 2. The summed E-state index contributed by atoms with van der Waals surface area (Å²) in [5, 5.41) is 9.29. The third kappa shape index (κ3) is 2.22. The van der Waals surface area contributed by atoms with Gasteiger partial charge in [-0.05, 0) is 35.6 Å². The topological polar surface area (TPSA) is 63.5 Å². The monoisotopic (exact) mass is 322 g/mol. The molecule has 0 aliphatic rings. The molecule has 2 aromatic heterocycles. The lowest BCUT2D eigenvalue weighted by Gasteiger charge is -1.91. The van der Waals surface area contributed by atoms with Crippen LogP contribution in [-0.4, -0.2) is 15.9 Å². The SMILES string of the molecule is C[n+]1c(/N=N/n2c(C=O)nc3ccccc32)sc2ccccc21. The summed E-state index contributed by atoms with van der Waals surface area (Å²) in [5.74, 6) is 0.235. The molecular formula is C16H12N5OS+. The first-order valence-electron chi connectivity index (χ1n) is 7.00. The van der Waals surface area contributed by atoms with Gasteiger partial charge in [0, 0.05) is 0 Å². The second kappa shape index (κ2) is 5.36. The molecule has 0 bridgehead atoms. The summed E-state index contributed by atoms with van der Waals surface area (Å²) in [6.45, 7) is 0. The summed E-state index contributed by atoms with van der Waals surface area (Å²) < 4.78 is 4.57. The van der Waals surface area contributed by atoms with E-state index in [-0.39, 0.29) is 5.82 Å². The van der Waals surface area contributed by atoms with Crippen molar-refractivity contribution < 1.29 is 9.36 Å². The first-order valence-corrected chi connectivity index (χ1v) is 7.82. The number of carbonyl (C=O) groups excluding carboxylic acids is 1. The summed E-state index contributed by atoms with van der Waals surface area (Å²) in [6, 6.07) is 15.5. The van der Waals surface area contributed by atoms with Crippen molar-refractivity contribution in [1.29, 1.82) is 0 Å². The number of para-hydroxylation sites is 3. The van der Waals surface area contributed by atoms with Crippen LogP contribution in [0, 0.1) is 0 Å². The fourth-order valence-electron chi connectivity index (χ4n) is 2.46. The number of rotatable bonds is 3. The minimum absolute atomic E-state index is 0.235. The normalized spacial score (nSPS) is 11.7. The summed E-state index contributed by atoms with van der Waals surface area (Å²) in [6.07, 6.45) is 0.684. The Bertz CT molecular complexity index is 1060. The highest BCUT2D eigenvalue weighted by atomic mass is 32.1. The number of hydrogen-bond acceptors (Lipinski definition) is 5. The van der Waals surface area contributed by atoms with Gasteiger partial charge in [0.25, 0.3) is 0 Å². The molecule has 6 nitrogen and oxygen atoms in total. The first-order chi connectivity index (χ1) is 11.3. The smallest absolute Gasteiger partial charge is 0.294 e. The van der Waals surface area contributed by atoms with Crippen molar-refractivity contribution in [2.24, 2.45) is 17.4 Å². The molecule has 23 heavy (non-hydrogen) atoms. The molecule has 0 radical (unpaired) electrons. The number of carbonyl (C=O) groups is 1. The molecule has 2 aromatic carbocycles. The average molecular weight is 322 g/mol. The lowest BCUT2D eigenvalue weighted by molar-refractivity contribution is -0.627. The first kappa shape index (κ1) is 13.7. The molecule has 0 aliphatic heterocycles. The molecular weight excluding hydrogens is 310 g/mol. The lowest BCUT2D eigenvalue weighted by Crippen LogP contribution is -2.25. The zero-order chi connectivity index (χ0) is 15.8. The molecule has 0 saturated heterocycles. The average Bonchev–Trinajstić information content (AvgIpc) is 3.11. The fraction of sp³-hybridized carbons (Fsp3) is 0.0625. The van der Waals surface area contributed by atoms with Crippen LogP contribution in [-0.2, 0) is 7.05 Å². The second-order valence-electron chi connectivity index (χ2n) is 4.99. The molecule has 0 N–H and O–H groups in total. The van der Waals surface area contributed by atoms with E-state index >= 15 is 0 Å². The third-order valence-corrected chi connectivity index (χ3v) is 4.71. The maximum absolute atomic E-state index is 11.2. The Morgan fingerprint density at radius 1 is 1.17 bits per heavy atom. The third-order valence-electron chi connectivity index (χ3n) is 3.60. The van der Waals surface area contributed by atoms with Gasteiger partial charge in [-0.2, -0.15) is 4.68 Å². The van der Waals surface area contributed by atoms with E-state index in [4.69, 9.17) is 0 Å². The molecule has 0 aliphatic carbocycles. The zero-order valence-electron chi connectivity index (χ0n) is 12.2. The molecule has 0 amide bonds. The standard InChI is InChI=1S/C16H12N5OS/c1-20-13-8-4-5-9-14(13)23-16(20)18-19-21-12-7-3-2-6-11(12)17-15(21)10-22/h2-10H,1H3/q+1. The fourth-order valence-corrected chi connectivity index (χ4v) is 3.43. The van der Waals surface area contributed by atoms with Gasteiger partial charge in [0.1, 0.15) is 10.6 Å². The molecule has 0 fully saturated rings. The van der Waals surface area contributed by atoms with Crippen molar-refractivity contribution in [1.82, 2.24) is 9.66 Å². The molecule has 0 spiro atoms. The van der Waals surface area contributed by atoms with Crippen LogP contribution in [0.2, 0.25) is 0 Å². The van der Waals surface area contributed by atoms with Gasteiger partial charge in [-0.25, -0.2) is 9.55 Å². The van der Waals surface area contributed by atoms with E-state index in [2.05, 4.69) is 15.3 Å². The Morgan fingerprint density at radius 3 is 2.78 bits per heavy atom. The molecule has 0 unspecified atom stereocenters. The molecule has 112 valence electrons. The van der Waals surface area contributed by atoms with Crippen molar-refractivity contribution >= 4 is 44.0 Å². The van der Waals surface area contributed by atoms with Gasteiger partial charge in [-0.1, -0.05) is 24.3 Å². The molecule has 4 aromatic rings. The van der Waals surface area contributed by atoms with Crippen LogP contribution >= 0.6 is 11.3 Å². The van der Waals surface area contributed by atoms with Crippen LogP contribution in [0.3, 0.4) is 0 Å². The van der Waals surface area contributed by atoms with Crippen LogP contribution < -0.4 is 4.57 Å². The number of aryl methyl sites for hydroxylation is 1. The van der Waals surface area contributed by atoms with E-state index in [9.17, 15) is 4.79 Å². The highest BCUT2D eigenvalue weighted by Crippen LogP contribution is 2.26. The van der Waals surface area contributed by atoms with Crippen molar-refractivity contribution in [2.75, 3.05) is 0 Å². The summed E-state index contributed by atoms with van der Waals surface area (Å²) in [4.78, 5) is 15.5. The number of aldehydes is 1. The van der Waals surface area contributed by atoms with Crippen LogP contribution in [0.15, 0.2) is 58.9 Å². The minimum atomic E-state index is 0.235. The minimum Gasteiger partial charge on any atom is -0.294 e. The molecule has 7 heteroatoms. The number of nitrogens with zero attached hydrogens (tertiary/aromatic N) is 5. The maximum Gasteiger partial charge on any atom is 0.411 e. The summed E-state index contributed by atoms with van der Waals surface area (Å²) in [5.41, 5.74) is 2.56. The molecule has 2 heterocycles. The van der Waals surface area contributed by atoms with Gasteiger partial charge < -0.3 is 0 Å². The van der Waals surface area contributed by atoms with E-state index in [1.165, 1.54) is 4.68 Å². The van der Waals surface area contributed by atoms with E-state index in [1.54, 1.807) is 11.3 Å². The number of hydrogen-bond donors (Lipinski definition) is 0. The van der Waals surface area contributed by atoms with Gasteiger partial charge in [0.15, 0.2) is 12.1 Å². The quantitative estimate of drug-likeness (QED) is 0.329. The second-order valence-corrected chi connectivity index (χ2v) is 6.00. The predicted octanol–water partition coefficient (Wildman–Crippen LogP) is 3.44. The van der Waals surface area contributed by atoms with Crippen molar-refractivity contribution in [2.45, 2.75) is 0 Å². The molecule has 0 atom stereocenters. The summed E-state index contributed by atoms with van der Waals surface area (Å²) in [7, 11) is 1.94. The largest absolute Gasteiger partial charge is 0.411 e. The molecule has 4 rings (SSSR count). The van der Waals surface area contributed by atoms with Gasteiger partial charge >= 0.3 is 5.13 Å². The van der Waals surface area contributed by atoms with Crippen LogP contribution in [0.25, 0.3) is 21.3 Å². The number of aromatic nitrogens is 3. The number of imidazole rings is 1. The van der Waals surface area contributed by atoms with Gasteiger partial charge in [-0.3, -0.25) is 4.79 Å². The maximum atomic E-state index is 11.2.